The molecule has 1 aliphatic heterocycles. The Hall–Kier alpha value is -2.19. The summed E-state index contributed by atoms with van der Waals surface area (Å²) in [6, 6.07) is 5.24. The quantitative estimate of drug-likeness (QED) is 0.578. The number of nitrogens with zero attached hydrogens (tertiary/aromatic N) is 2. The van der Waals surface area contributed by atoms with Gasteiger partial charge in [0.15, 0.2) is 15.6 Å². The van der Waals surface area contributed by atoms with Gasteiger partial charge >= 0.3 is 0 Å². The van der Waals surface area contributed by atoms with E-state index in [2.05, 4.69) is 36.0 Å². The summed E-state index contributed by atoms with van der Waals surface area (Å²) in [7, 11) is -3.29. The van der Waals surface area contributed by atoms with Crippen LogP contribution in [0.3, 0.4) is 0 Å². The molecule has 0 spiro atoms. The van der Waals surface area contributed by atoms with Crippen LogP contribution < -0.4 is 5.32 Å². The second kappa shape index (κ2) is 10.2. The number of rotatable bonds is 8. The van der Waals surface area contributed by atoms with E-state index in [0.29, 0.717) is 17.4 Å². The Kier molecular flexibility index (Phi) is 7.48. The van der Waals surface area contributed by atoms with Crippen molar-refractivity contribution < 1.29 is 17.6 Å². The van der Waals surface area contributed by atoms with Crippen molar-refractivity contribution in [1.82, 2.24) is 15.2 Å². The van der Waals surface area contributed by atoms with Crippen molar-refractivity contribution in [2.45, 2.75) is 77.4 Å². The molecule has 3 heterocycles. The Balaban J connectivity index is 1.38. The molecule has 2 aliphatic rings. The number of pyridine rings is 1. The van der Waals surface area contributed by atoms with Gasteiger partial charge in [0, 0.05) is 24.8 Å². The zero-order chi connectivity index (χ0) is 24.5. The Morgan fingerprint density at radius 1 is 1.24 bits per heavy atom. The molecule has 4 rings (SSSR count). The van der Waals surface area contributed by atoms with Crippen LogP contribution in [0.5, 0.6) is 0 Å². The topological polar surface area (TPSA) is 92.5 Å². The molecule has 0 saturated heterocycles. The molecule has 0 radical (unpaired) electrons. The molecule has 0 bridgehead atoms. The lowest BCUT2D eigenvalue weighted by atomic mass is 9.82. The SMILES string of the molecule is CCS(=O)(=O)c1ccc(CNC(=O)c2cc3c(o2)C(C(C)C)N(CC2CCC(C)CC2)C3)nc1. The van der Waals surface area contributed by atoms with Crippen LogP contribution in [-0.2, 0) is 22.9 Å². The van der Waals surface area contributed by atoms with Crippen LogP contribution in [0.4, 0.5) is 0 Å². The summed E-state index contributed by atoms with van der Waals surface area (Å²) >= 11 is 0. The lowest BCUT2D eigenvalue weighted by Crippen LogP contribution is -2.32. The Labute approximate surface area is 203 Å². The molecule has 1 fully saturated rings. The van der Waals surface area contributed by atoms with Gasteiger partial charge < -0.3 is 9.73 Å². The monoisotopic (exact) mass is 487 g/mol. The minimum Gasteiger partial charge on any atom is -0.454 e. The molecular weight excluding hydrogens is 450 g/mol. The third kappa shape index (κ3) is 5.38. The fourth-order valence-corrected chi connectivity index (χ4v) is 6.10. The van der Waals surface area contributed by atoms with Gasteiger partial charge in [-0.25, -0.2) is 8.42 Å². The first-order valence-corrected chi connectivity index (χ1v) is 14.2. The second-order valence-electron chi connectivity index (χ2n) is 10.3. The first-order chi connectivity index (χ1) is 16.2. The molecule has 2 aromatic rings. The minimum atomic E-state index is -3.29. The standard InChI is InChI=1S/C26H37N3O4S/c1-5-34(31,32)22-11-10-21(27-14-22)13-28-26(30)23-12-20-16-29(24(17(2)3)25(20)33-23)15-19-8-6-18(4)7-9-19/h10-12,14,17-19,24H,5-9,13,15-16H2,1-4H3,(H,28,30). The Bertz CT molecular complexity index is 1100. The van der Waals surface area contributed by atoms with E-state index in [9.17, 15) is 13.2 Å². The molecule has 34 heavy (non-hydrogen) atoms. The van der Waals surface area contributed by atoms with Crippen LogP contribution in [0, 0.1) is 17.8 Å². The Morgan fingerprint density at radius 2 is 1.97 bits per heavy atom. The summed E-state index contributed by atoms with van der Waals surface area (Å²) in [6.07, 6.45) is 6.60. The van der Waals surface area contributed by atoms with E-state index < -0.39 is 9.84 Å². The summed E-state index contributed by atoms with van der Waals surface area (Å²) in [5.74, 6) is 3.00. The highest BCUT2D eigenvalue weighted by molar-refractivity contribution is 7.91. The smallest absolute Gasteiger partial charge is 0.287 e. The Morgan fingerprint density at radius 3 is 2.59 bits per heavy atom. The fourth-order valence-electron chi connectivity index (χ4n) is 5.28. The van der Waals surface area contributed by atoms with E-state index in [4.69, 9.17) is 4.42 Å². The van der Waals surface area contributed by atoms with Crippen LogP contribution in [0.1, 0.15) is 87.0 Å². The number of sulfone groups is 1. The van der Waals surface area contributed by atoms with Crippen molar-refractivity contribution >= 4 is 15.7 Å². The van der Waals surface area contributed by atoms with Crippen LogP contribution >= 0.6 is 0 Å². The number of carbonyl (C=O) groups is 1. The van der Waals surface area contributed by atoms with Crippen LogP contribution in [0.15, 0.2) is 33.7 Å². The minimum absolute atomic E-state index is 0.0303. The van der Waals surface area contributed by atoms with E-state index in [0.717, 1.165) is 36.2 Å². The number of aromatic nitrogens is 1. The van der Waals surface area contributed by atoms with Crippen molar-refractivity contribution in [2.24, 2.45) is 17.8 Å². The predicted molar refractivity (Wildman–Crippen MR) is 131 cm³/mol. The number of fused-ring (bicyclic) bond motifs is 1. The van der Waals surface area contributed by atoms with Gasteiger partial charge in [-0.1, -0.05) is 40.5 Å². The number of carbonyl (C=O) groups excluding carboxylic acids is 1. The molecule has 186 valence electrons. The second-order valence-corrected chi connectivity index (χ2v) is 12.6. The third-order valence-corrected chi connectivity index (χ3v) is 9.05. The van der Waals surface area contributed by atoms with Crippen molar-refractivity contribution in [3.05, 3.63) is 47.2 Å². The molecule has 7 nitrogen and oxygen atoms in total. The number of hydrogen-bond donors (Lipinski definition) is 1. The summed E-state index contributed by atoms with van der Waals surface area (Å²) < 4.78 is 30.0. The van der Waals surface area contributed by atoms with Crippen LogP contribution in [0.25, 0.3) is 0 Å². The number of nitrogens with one attached hydrogen (secondary N) is 1. The molecule has 0 aromatic carbocycles. The lowest BCUT2D eigenvalue weighted by Gasteiger charge is -2.33. The van der Waals surface area contributed by atoms with E-state index in [1.54, 1.807) is 13.0 Å². The highest BCUT2D eigenvalue weighted by Gasteiger charge is 2.38. The number of amides is 1. The van der Waals surface area contributed by atoms with Gasteiger partial charge in [-0.15, -0.1) is 0 Å². The number of furan rings is 1. The van der Waals surface area contributed by atoms with Gasteiger partial charge in [0.2, 0.25) is 0 Å². The molecule has 1 atom stereocenters. The van der Waals surface area contributed by atoms with E-state index in [1.807, 2.05) is 6.07 Å². The number of hydrogen-bond acceptors (Lipinski definition) is 6. The zero-order valence-corrected chi connectivity index (χ0v) is 21.5. The summed E-state index contributed by atoms with van der Waals surface area (Å²) in [4.78, 5) is 19.7. The van der Waals surface area contributed by atoms with Crippen molar-refractivity contribution in [3.63, 3.8) is 0 Å². The molecule has 8 heteroatoms. The highest BCUT2D eigenvalue weighted by Crippen LogP contribution is 2.42. The van der Waals surface area contributed by atoms with Gasteiger partial charge in [0.05, 0.1) is 28.9 Å². The van der Waals surface area contributed by atoms with E-state index in [1.165, 1.54) is 37.9 Å². The normalized spacial score (nSPS) is 23.3. The maximum absolute atomic E-state index is 12.8. The lowest BCUT2D eigenvalue weighted by molar-refractivity contribution is 0.0897. The van der Waals surface area contributed by atoms with Gasteiger partial charge in [0.25, 0.3) is 5.91 Å². The van der Waals surface area contributed by atoms with Gasteiger partial charge in [-0.3, -0.25) is 14.7 Å². The van der Waals surface area contributed by atoms with Crippen molar-refractivity contribution in [2.75, 3.05) is 12.3 Å². The van der Waals surface area contributed by atoms with Crippen molar-refractivity contribution in [1.29, 1.82) is 0 Å². The average Bonchev–Trinajstić information content (AvgIpc) is 3.36. The molecule has 2 aromatic heterocycles. The first-order valence-electron chi connectivity index (χ1n) is 12.5. The maximum atomic E-state index is 12.8. The summed E-state index contributed by atoms with van der Waals surface area (Å²) in [5, 5.41) is 2.84. The predicted octanol–water partition coefficient (Wildman–Crippen LogP) is 4.74. The summed E-state index contributed by atoms with van der Waals surface area (Å²) in [5.41, 5.74) is 1.70. The zero-order valence-electron chi connectivity index (χ0n) is 20.7. The molecule has 1 unspecified atom stereocenters. The van der Waals surface area contributed by atoms with Crippen LogP contribution in [0.2, 0.25) is 0 Å². The molecular formula is C26H37N3O4S. The van der Waals surface area contributed by atoms with Gasteiger partial charge in [0.1, 0.15) is 5.76 Å². The molecule has 1 aliphatic carbocycles. The van der Waals surface area contributed by atoms with E-state index >= 15 is 0 Å². The van der Waals surface area contributed by atoms with Gasteiger partial charge in [-0.2, -0.15) is 0 Å². The average molecular weight is 488 g/mol. The van der Waals surface area contributed by atoms with E-state index in [-0.39, 0.29) is 29.1 Å². The first kappa shape index (κ1) is 24.9. The third-order valence-electron chi connectivity index (χ3n) is 7.33. The largest absolute Gasteiger partial charge is 0.454 e. The summed E-state index contributed by atoms with van der Waals surface area (Å²) in [6.45, 7) is 10.5. The fraction of sp³-hybridized carbons (Fsp3) is 0.615. The molecule has 1 saturated carbocycles. The van der Waals surface area contributed by atoms with Crippen molar-refractivity contribution in [3.8, 4) is 0 Å². The maximum Gasteiger partial charge on any atom is 0.287 e. The molecule has 1 N–H and O–H groups in total. The van der Waals surface area contributed by atoms with Crippen LogP contribution in [-0.4, -0.2) is 36.5 Å². The molecule has 1 amide bonds. The highest BCUT2D eigenvalue weighted by atomic mass is 32.2. The van der Waals surface area contributed by atoms with Gasteiger partial charge in [-0.05, 0) is 48.8 Å².